The Hall–Kier alpha value is -3.61. The predicted molar refractivity (Wildman–Crippen MR) is 138 cm³/mol. The molecule has 1 unspecified atom stereocenters. The molecule has 0 saturated carbocycles. The summed E-state index contributed by atoms with van der Waals surface area (Å²) in [4.78, 5) is 19.1. The number of esters is 1. The van der Waals surface area contributed by atoms with Gasteiger partial charge in [0.2, 0.25) is 0 Å². The van der Waals surface area contributed by atoms with Crippen molar-refractivity contribution in [3.05, 3.63) is 71.2 Å². The normalized spacial score (nSPS) is 18.5. The highest BCUT2D eigenvalue weighted by Crippen LogP contribution is 2.31. The Morgan fingerprint density at radius 3 is 2.79 bits per heavy atom. The van der Waals surface area contributed by atoms with E-state index in [0.717, 1.165) is 41.1 Å². The second-order valence-electron chi connectivity index (χ2n) is 9.48. The van der Waals surface area contributed by atoms with E-state index in [2.05, 4.69) is 16.8 Å². The highest BCUT2D eigenvalue weighted by molar-refractivity contribution is 5.80. The van der Waals surface area contributed by atoms with E-state index in [1.165, 1.54) is 7.11 Å². The van der Waals surface area contributed by atoms with E-state index in [4.69, 9.17) is 15.2 Å². The number of carbonyl (C=O) groups is 1. The number of hydrogen-bond acceptors (Lipinski definition) is 6. The van der Waals surface area contributed by atoms with Crippen LogP contribution in [0.2, 0.25) is 0 Å². The molecule has 0 amide bonds. The Kier molecular flexibility index (Phi) is 8.87. The van der Waals surface area contributed by atoms with Gasteiger partial charge in [-0.25, -0.2) is 13.2 Å². The monoisotopic (exact) mass is 525 g/mol. The first-order valence-electron chi connectivity index (χ1n) is 12.4. The Morgan fingerprint density at radius 1 is 1.21 bits per heavy atom. The predicted octanol–water partition coefficient (Wildman–Crippen LogP) is 4.60. The second kappa shape index (κ2) is 12.3. The van der Waals surface area contributed by atoms with Crippen LogP contribution in [0, 0.1) is 41.1 Å². The first-order chi connectivity index (χ1) is 18.3. The summed E-state index contributed by atoms with van der Waals surface area (Å²) >= 11 is 0. The number of pyridine rings is 1. The van der Waals surface area contributed by atoms with E-state index in [9.17, 15) is 18.0 Å². The van der Waals surface area contributed by atoms with Gasteiger partial charge in [-0.05, 0) is 67.6 Å². The third kappa shape index (κ3) is 6.44. The number of halogens is 3. The first kappa shape index (κ1) is 27.4. The first-order valence-corrected chi connectivity index (χ1v) is 12.4. The van der Waals surface area contributed by atoms with Gasteiger partial charge < -0.3 is 15.2 Å². The molecule has 1 aliphatic heterocycles. The summed E-state index contributed by atoms with van der Waals surface area (Å²) in [7, 11) is 2.98. The van der Waals surface area contributed by atoms with Crippen molar-refractivity contribution in [2.45, 2.75) is 25.3 Å². The molecule has 2 aromatic carbocycles. The second-order valence-corrected chi connectivity index (χ2v) is 9.48. The number of hydrogen-bond donors (Lipinski definition) is 1. The molecule has 2 heterocycles. The molecule has 1 saturated heterocycles. The van der Waals surface area contributed by atoms with Crippen molar-refractivity contribution < 1.29 is 27.4 Å². The van der Waals surface area contributed by atoms with E-state index in [1.54, 1.807) is 13.3 Å². The highest BCUT2D eigenvalue weighted by atomic mass is 19.2. The van der Waals surface area contributed by atoms with Gasteiger partial charge in [0.1, 0.15) is 11.6 Å². The third-order valence-electron chi connectivity index (χ3n) is 7.05. The highest BCUT2D eigenvalue weighted by Gasteiger charge is 2.35. The molecule has 1 fully saturated rings. The van der Waals surface area contributed by atoms with Crippen molar-refractivity contribution in [3.8, 4) is 17.6 Å². The van der Waals surface area contributed by atoms with Crippen LogP contribution in [0.5, 0.6) is 5.75 Å². The zero-order valence-electron chi connectivity index (χ0n) is 21.3. The molecule has 4 rings (SSSR count). The van der Waals surface area contributed by atoms with Gasteiger partial charge >= 0.3 is 5.97 Å². The summed E-state index contributed by atoms with van der Waals surface area (Å²) in [5.74, 6) is 2.05. The molecule has 0 bridgehead atoms. The molecule has 1 aromatic heterocycles. The van der Waals surface area contributed by atoms with Gasteiger partial charge in [0, 0.05) is 30.2 Å². The smallest absolute Gasteiger partial charge is 0.310 e. The summed E-state index contributed by atoms with van der Waals surface area (Å²) in [6.45, 7) is 1.31. The van der Waals surface area contributed by atoms with Crippen LogP contribution in [0.4, 0.5) is 13.2 Å². The molecule has 3 atom stereocenters. The van der Waals surface area contributed by atoms with Gasteiger partial charge in [-0.15, -0.1) is 0 Å². The standard InChI is InChI=1S/C29H30F3N3O3/c1-37-23-6-8-27-20(14-23)12-21(16-34-27)26(33)7-5-18-9-11-35(17-24(18)29(36)38-2)10-3-4-19-13-22(30)15-25(31)28(19)32/h6,8,12-16,18,24,26H,5,7,9-11,17,33H2,1-2H3/t18-,24+,26?/m1/s1. The van der Waals surface area contributed by atoms with Crippen molar-refractivity contribution in [1.29, 1.82) is 0 Å². The molecule has 2 N–H and O–H groups in total. The quantitative estimate of drug-likeness (QED) is 0.276. The number of nitrogens with zero attached hydrogens (tertiary/aromatic N) is 2. The van der Waals surface area contributed by atoms with Gasteiger partial charge in [-0.2, -0.15) is 0 Å². The number of ether oxygens (including phenoxy) is 2. The van der Waals surface area contributed by atoms with Crippen molar-refractivity contribution in [2.75, 3.05) is 33.9 Å². The summed E-state index contributed by atoms with van der Waals surface area (Å²) in [5.41, 5.74) is 7.94. The van der Waals surface area contributed by atoms with Crippen LogP contribution < -0.4 is 10.5 Å². The minimum absolute atomic E-state index is 0.0704. The summed E-state index contributed by atoms with van der Waals surface area (Å²) in [6.07, 6.45) is 3.90. The van der Waals surface area contributed by atoms with Crippen LogP contribution in [-0.4, -0.2) is 49.7 Å². The number of carbonyl (C=O) groups excluding carboxylic acids is 1. The van der Waals surface area contributed by atoms with Crippen molar-refractivity contribution in [2.24, 2.45) is 17.6 Å². The fraction of sp³-hybridized carbons (Fsp3) is 0.379. The third-order valence-corrected chi connectivity index (χ3v) is 7.05. The number of fused-ring (bicyclic) bond motifs is 1. The lowest BCUT2D eigenvalue weighted by Gasteiger charge is -2.36. The van der Waals surface area contributed by atoms with Crippen LogP contribution >= 0.6 is 0 Å². The van der Waals surface area contributed by atoms with Crippen molar-refractivity contribution >= 4 is 16.9 Å². The van der Waals surface area contributed by atoms with E-state index >= 15 is 0 Å². The number of piperidine rings is 1. The lowest BCUT2D eigenvalue weighted by molar-refractivity contribution is -0.149. The number of aromatic nitrogens is 1. The number of nitrogens with two attached hydrogens (primary N) is 1. The van der Waals surface area contributed by atoms with Crippen molar-refractivity contribution in [3.63, 3.8) is 0 Å². The van der Waals surface area contributed by atoms with E-state index in [-0.39, 0.29) is 36.0 Å². The summed E-state index contributed by atoms with van der Waals surface area (Å²) < 4.78 is 51.0. The van der Waals surface area contributed by atoms with Crippen LogP contribution in [0.15, 0.2) is 42.6 Å². The van der Waals surface area contributed by atoms with Crippen molar-refractivity contribution in [1.82, 2.24) is 9.88 Å². The van der Waals surface area contributed by atoms with Gasteiger partial charge in [0.25, 0.3) is 0 Å². The summed E-state index contributed by atoms with van der Waals surface area (Å²) in [6, 6.07) is 8.79. The maximum absolute atomic E-state index is 13.9. The number of likely N-dealkylation sites (tertiary alicyclic amines) is 1. The molecular formula is C29H30F3N3O3. The fourth-order valence-corrected chi connectivity index (χ4v) is 4.89. The Morgan fingerprint density at radius 2 is 2.03 bits per heavy atom. The topological polar surface area (TPSA) is 77.7 Å². The number of benzene rings is 2. The Balaban J connectivity index is 1.38. The zero-order chi connectivity index (χ0) is 27.2. The molecule has 9 heteroatoms. The molecule has 6 nitrogen and oxygen atoms in total. The summed E-state index contributed by atoms with van der Waals surface area (Å²) in [5, 5.41) is 0.944. The van der Waals surface area contributed by atoms with Gasteiger partial charge in [-0.1, -0.05) is 11.8 Å². The van der Waals surface area contributed by atoms with Crippen LogP contribution in [0.3, 0.4) is 0 Å². The lowest BCUT2D eigenvalue weighted by Crippen LogP contribution is -2.44. The molecular weight excluding hydrogens is 495 g/mol. The van der Waals surface area contributed by atoms with E-state index in [1.807, 2.05) is 29.2 Å². The Bertz CT molecular complexity index is 1370. The molecule has 0 radical (unpaired) electrons. The van der Waals surface area contributed by atoms with Gasteiger partial charge in [0.15, 0.2) is 11.6 Å². The number of rotatable bonds is 7. The molecule has 1 aliphatic rings. The van der Waals surface area contributed by atoms with E-state index in [0.29, 0.717) is 25.6 Å². The minimum atomic E-state index is -1.28. The largest absolute Gasteiger partial charge is 0.497 e. The maximum atomic E-state index is 13.9. The molecule has 38 heavy (non-hydrogen) atoms. The maximum Gasteiger partial charge on any atom is 0.310 e. The molecule has 0 spiro atoms. The van der Waals surface area contributed by atoms with Crippen LogP contribution in [-0.2, 0) is 9.53 Å². The van der Waals surface area contributed by atoms with Crippen LogP contribution in [0.1, 0.15) is 36.4 Å². The Labute approximate surface area is 219 Å². The SMILES string of the molecule is COC(=O)[C@H]1CN(CC#Cc2cc(F)cc(F)c2F)CC[C@H]1CCC(N)c1cnc2ccc(OC)cc2c1. The van der Waals surface area contributed by atoms with E-state index < -0.39 is 17.5 Å². The van der Waals surface area contributed by atoms with Gasteiger partial charge in [-0.3, -0.25) is 14.7 Å². The average Bonchev–Trinajstić information content (AvgIpc) is 2.93. The molecule has 3 aromatic rings. The fourth-order valence-electron chi connectivity index (χ4n) is 4.89. The number of methoxy groups -OCH3 is 2. The molecule has 200 valence electrons. The lowest BCUT2D eigenvalue weighted by atomic mass is 9.81. The average molecular weight is 526 g/mol. The van der Waals surface area contributed by atoms with Crippen LogP contribution in [0.25, 0.3) is 10.9 Å². The van der Waals surface area contributed by atoms with Gasteiger partial charge in [0.05, 0.1) is 37.8 Å². The molecule has 0 aliphatic carbocycles. The minimum Gasteiger partial charge on any atom is -0.497 e. The zero-order valence-corrected chi connectivity index (χ0v) is 21.3.